The van der Waals surface area contributed by atoms with Gasteiger partial charge in [0.25, 0.3) is 0 Å². The molecule has 0 aliphatic heterocycles. The molecule has 0 amide bonds. The number of hydrogen-bond acceptors (Lipinski definition) is 6. The van der Waals surface area contributed by atoms with Crippen molar-refractivity contribution in [3.8, 4) is 0 Å². The van der Waals surface area contributed by atoms with Gasteiger partial charge in [-0.05, 0) is 38.8 Å². The van der Waals surface area contributed by atoms with E-state index < -0.39 is 10.4 Å². The van der Waals surface area contributed by atoms with Gasteiger partial charge in [-0.3, -0.25) is 0 Å². The van der Waals surface area contributed by atoms with Crippen LogP contribution in [0.3, 0.4) is 0 Å². The molecule has 0 rings (SSSR count). The fraction of sp³-hybridized carbons (Fsp3) is 1.00. The molecular formula is C8H20N2O4S. The summed E-state index contributed by atoms with van der Waals surface area (Å²) >= 11 is 0. The van der Waals surface area contributed by atoms with Crippen LogP contribution in [0.4, 0.5) is 0 Å². The van der Waals surface area contributed by atoms with E-state index in [0.29, 0.717) is 25.9 Å². The lowest BCUT2D eigenvalue weighted by Crippen LogP contribution is -2.13. The first kappa shape index (κ1) is 14.8. The minimum absolute atomic E-state index is 0.121. The van der Waals surface area contributed by atoms with E-state index in [1.54, 1.807) is 0 Å². The molecule has 0 heterocycles. The molecule has 7 heteroatoms. The van der Waals surface area contributed by atoms with Crippen LogP contribution in [0.15, 0.2) is 0 Å². The second kappa shape index (κ2) is 9.05. The lowest BCUT2D eigenvalue weighted by Gasteiger charge is -2.05. The van der Waals surface area contributed by atoms with Crippen LogP contribution >= 0.6 is 0 Å². The van der Waals surface area contributed by atoms with Gasteiger partial charge in [0.2, 0.25) is 0 Å². The van der Waals surface area contributed by atoms with Crippen LogP contribution in [0.5, 0.6) is 0 Å². The van der Waals surface area contributed by atoms with E-state index in [0.717, 1.165) is 12.8 Å². The van der Waals surface area contributed by atoms with Gasteiger partial charge in [0, 0.05) is 0 Å². The van der Waals surface area contributed by atoms with E-state index in [1.807, 2.05) is 0 Å². The summed E-state index contributed by atoms with van der Waals surface area (Å²) in [6, 6.07) is 0. The summed E-state index contributed by atoms with van der Waals surface area (Å²) in [5, 5.41) is 0. The minimum atomic E-state index is -3.82. The zero-order chi connectivity index (χ0) is 11.6. The summed E-state index contributed by atoms with van der Waals surface area (Å²) in [5.74, 6) is 0. The van der Waals surface area contributed by atoms with Crippen molar-refractivity contribution in [1.82, 2.24) is 0 Å². The van der Waals surface area contributed by atoms with Gasteiger partial charge in [0.1, 0.15) is 0 Å². The summed E-state index contributed by atoms with van der Waals surface area (Å²) < 4.78 is 31.2. The Labute approximate surface area is 91.2 Å². The highest BCUT2D eigenvalue weighted by Gasteiger charge is 2.10. The molecule has 0 aromatic rings. The maximum Gasteiger partial charge on any atom is 0.399 e. The monoisotopic (exact) mass is 240 g/mol. The highest BCUT2D eigenvalue weighted by Crippen LogP contribution is 2.00. The summed E-state index contributed by atoms with van der Waals surface area (Å²) in [6.07, 6.45) is 2.70. The van der Waals surface area contributed by atoms with Crippen molar-refractivity contribution in [2.75, 3.05) is 26.3 Å². The summed E-state index contributed by atoms with van der Waals surface area (Å²) in [5.41, 5.74) is 10.5. The topological polar surface area (TPSA) is 105 Å². The van der Waals surface area contributed by atoms with Crippen molar-refractivity contribution < 1.29 is 16.8 Å². The molecule has 0 saturated heterocycles. The predicted octanol–water partition coefficient (Wildman–Crippen LogP) is -0.258. The molecule has 0 radical (unpaired) electrons. The molecule has 4 N–H and O–H groups in total. The van der Waals surface area contributed by atoms with Crippen LogP contribution < -0.4 is 11.5 Å². The van der Waals surface area contributed by atoms with Crippen molar-refractivity contribution in [1.29, 1.82) is 0 Å². The lowest BCUT2D eigenvalue weighted by molar-refractivity contribution is 0.209. The maximum atomic E-state index is 11.0. The van der Waals surface area contributed by atoms with E-state index >= 15 is 0 Å². The van der Waals surface area contributed by atoms with E-state index in [-0.39, 0.29) is 13.2 Å². The zero-order valence-corrected chi connectivity index (χ0v) is 9.67. The SMILES string of the molecule is NCCCCOS(=O)(=O)OCCCCN. The molecule has 15 heavy (non-hydrogen) atoms. The van der Waals surface area contributed by atoms with Gasteiger partial charge in [-0.1, -0.05) is 0 Å². The van der Waals surface area contributed by atoms with Crippen molar-refractivity contribution >= 4 is 10.4 Å². The Balaban J connectivity index is 3.50. The third kappa shape index (κ3) is 10.1. The molecular weight excluding hydrogens is 220 g/mol. The first-order valence-electron chi connectivity index (χ1n) is 5.06. The Morgan fingerprint density at radius 1 is 0.800 bits per heavy atom. The van der Waals surface area contributed by atoms with Crippen molar-refractivity contribution in [3.05, 3.63) is 0 Å². The molecule has 0 aromatic heterocycles. The predicted molar refractivity (Wildman–Crippen MR) is 57.4 cm³/mol. The molecule has 0 bridgehead atoms. The number of unbranched alkanes of at least 4 members (excludes halogenated alkanes) is 2. The Morgan fingerprint density at radius 2 is 1.20 bits per heavy atom. The van der Waals surface area contributed by atoms with Gasteiger partial charge in [-0.15, -0.1) is 0 Å². The van der Waals surface area contributed by atoms with E-state index in [9.17, 15) is 8.42 Å². The largest absolute Gasteiger partial charge is 0.399 e. The van der Waals surface area contributed by atoms with Crippen LogP contribution in [0.1, 0.15) is 25.7 Å². The van der Waals surface area contributed by atoms with Crippen molar-refractivity contribution in [2.45, 2.75) is 25.7 Å². The van der Waals surface area contributed by atoms with Gasteiger partial charge in [-0.2, -0.15) is 8.42 Å². The second-order valence-electron chi connectivity index (χ2n) is 3.04. The van der Waals surface area contributed by atoms with Gasteiger partial charge in [0.15, 0.2) is 0 Å². The van der Waals surface area contributed by atoms with Gasteiger partial charge in [-0.25, -0.2) is 8.37 Å². The summed E-state index contributed by atoms with van der Waals surface area (Å²) in [6.45, 7) is 1.30. The summed E-state index contributed by atoms with van der Waals surface area (Å²) in [7, 11) is -3.82. The molecule has 0 aromatic carbocycles. The highest BCUT2D eigenvalue weighted by molar-refractivity contribution is 7.81. The fourth-order valence-electron chi connectivity index (χ4n) is 0.849. The van der Waals surface area contributed by atoms with Crippen LogP contribution in [0.25, 0.3) is 0 Å². The van der Waals surface area contributed by atoms with Crippen molar-refractivity contribution in [2.24, 2.45) is 11.5 Å². The van der Waals surface area contributed by atoms with E-state index in [1.165, 1.54) is 0 Å². The molecule has 0 fully saturated rings. The average molecular weight is 240 g/mol. The molecule has 0 aliphatic rings. The Morgan fingerprint density at radius 3 is 1.53 bits per heavy atom. The summed E-state index contributed by atoms with van der Waals surface area (Å²) in [4.78, 5) is 0. The Bertz CT molecular complexity index is 213. The van der Waals surface area contributed by atoms with Gasteiger partial charge < -0.3 is 11.5 Å². The van der Waals surface area contributed by atoms with Gasteiger partial charge >= 0.3 is 10.4 Å². The van der Waals surface area contributed by atoms with Crippen LogP contribution in [0.2, 0.25) is 0 Å². The van der Waals surface area contributed by atoms with Crippen molar-refractivity contribution in [3.63, 3.8) is 0 Å². The first-order chi connectivity index (χ1) is 7.12. The lowest BCUT2D eigenvalue weighted by atomic mass is 10.3. The Kier molecular flexibility index (Phi) is 8.92. The van der Waals surface area contributed by atoms with Crippen LogP contribution in [-0.2, 0) is 18.8 Å². The third-order valence-electron chi connectivity index (χ3n) is 1.65. The maximum absolute atomic E-state index is 11.0. The molecule has 6 nitrogen and oxygen atoms in total. The molecule has 0 unspecified atom stereocenters. The average Bonchev–Trinajstić information content (AvgIpc) is 2.20. The van der Waals surface area contributed by atoms with E-state index in [2.05, 4.69) is 8.37 Å². The molecule has 0 spiro atoms. The quantitative estimate of drug-likeness (QED) is 0.510. The molecule has 0 aliphatic carbocycles. The normalized spacial score (nSPS) is 11.9. The third-order valence-corrected chi connectivity index (χ3v) is 2.56. The standard InChI is InChI=1S/C8H20N2O4S/c9-5-1-3-7-13-15(11,12)14-8-4-2-6-10/h1-10H2. The molecule has 0 saturated carbocycles. The zero-order valence-electron chi connectivity index (χ0n) is 8.85. The Hall–Kier alpha value is -0.210. The number of rotatable bonds is 10. The molecule has 0 atom stereocenters. The minimum Gasteiger partial charge on any atom is -0.330 e. The smallest absolute Gasteiger partial charge is 0.330 e. The fourth-order valence-corrected chi connectivity index (χ4v) is 1.56. The van der Waals surface area contributed by atoms with E-state index in [4.69, 9.17) is 11.5 Å². The highest BCUT2D eigenvalue weighted by atomic mass is 32.3. The first-order valence-corrected chi connectivity index (χ1v) is 6.39. The number of hydrogen-bond donors (Lipinski definition) is 2. The van der Waals surface area contributed by atoms with Crippen LogP contribution in [-0.4, -0.2) is 34.7 Å². The molecule has 92 valence electrons. The second-order valence-corrected chi connectivity index (χ2v) is 4.33. The van der Waals surface area contributed by atoms with Crippen LogP contribution in [0, 0.1) is 0 Å². The number of nitrogens with two attached hydrogens (primary N) is 2. The van der Waals surface area contributed by atoms with Gasteiger partial charge in [0.05, 0.1) is 13.2 Å².